The fraction of sp³-hybridized carbons (Fsp3) is 0.364. The minimum atomic E-state index is -0.329. The molecule has 0 amide bonds. The van der Waals surface area contributed by atoms with Gasteiger partial charge in [0.25, 0.3) is 0 Å². The van der Waals surface area contributed by atoms with Gasteiger partial charge < -0.3 is 4.74 Å². The normalized spacial score (nSPS) is 21.3. The van der Waals surface area contributed by atoms with Gasteiger partial charge in [-0.2, -0.15) is 0 Å². The molecule has 0 N–H and O–H groups in total. The van der Waals surface area contributed by atoms with Gasteiger partial charge in [0.15, 0.2) is 5.78 Å². The Hall–Kier alpha value is -1.15. The molecule has 1 aliphatic rings. The molecule has 0 heterocycles. The first-order valence-electron chi connectivity index (χ1n) is 4.46. The Morgan fingerprint density at radius 2 is 2.08 bits per heavy atom. The number of methoxy groups -OCH3 is 1. The summed E-state index contributed by atoms with van der Waals surface area (Å²) in [5, 5.41) is 0. The molecule has 0 spiro atoms. The number of carbonyl (C=O) groups is 1. The van der Waals surface area contributed by atoms with Crippen LogP contribution >= 0.6 is 0 Å². The Kier molecular flexibility index (Phi) is 2.15. The van der Waals surface area contributed by atoms with Crippen LogP contribution in [-0.4, -0.2) is 12.9 Å². The van der Waals surface area contributed by atoms with Crippen LogP contribution in [0.15, 0.2) is 24.3 Å². The van der Waals surface area contributed by atoms with Gasteiger partial charge in [-0.15, -0.1) is 0 Å². The summed E-state index contributed by atoms with van der Waals surface area (Å²) >= 11 is 0. The Morgan fingerprint density at radius 3 is 2.85 bits per heavy atom. The molecule has 0 saturated carbocycles. The van der Waals surface area contributed by atoms with Crippen molar-refractivity contribution in [2.24, 2.45) is 0 Å². The number of carbonyl (C=O) groups excluding carboxylic acids is 1. The number of rotatable bonds is 1. The molecule has 1 aliphatic carbocycles. The number of ketones is 1. The zero-order chi connectivity index (χ0) is 9.26. The van der Waals surface area contributed by atoms with E-state index in [1.807, 2.05) is 18.2 Å². The van der Waals surface area contributed by atoms with Crippen LogP contribution in [-0.2, 0) is 16.0 Å². The van der Waals surface area contributed by atoms with Gasteiger partial charge in [0.1, 0.15) is 6.10 Å². The molecular formula is C11H12O2. The smallest absolute Gasteiger partial charge is 0.166 e. The third kappa shape index (κ3) is 1.38. The van der Waals surface area contributed by atoms with Gasteiger partial charge in [0.05, 0.1) is 0 Å². The first-order chi connectivity index (χ1) is 6.33. The van der Waals surface area contributed by atoms with Crippen LogP contribution < -0.4 is 0 Å². The monoisotopic (exact) mass is 176 g/mol. The highest BCUT2D eigenvalue weighted by Crippen LogP contribution is 2.28. The van der Waals surface area contributed by atoms with E-state index in [1.165, 1.54) is 5.56 Å². The summed E-state index contributed by atoms with van der Waals surface area (Å²) in [6.45, 7) is 0. The second-order valence-corrected chi connectivity index (χ2v) is 3.28. The van der Waals surface area contributed by atoms with Crippen LogP contribution in [0.5, 0.6) is 0 Å². The van der Waals surface area contributed by atoms with Crippen molar-refractivity contribution in [2.75, 3.05) is 7.11 Å². The fourth-order valence-corrected chi connectivity index (χ4v) is 1.84. The first-order valence-corrected chi connectivity index (χ1v) is 4.46. The summed E-state index contributed by atoms with van der Waals surface area (Å²) in [7, 11) is 1.59. The molecule has 0 aliphatic heterocycles. The molecule has 2 rings (SSSR count). The average molecular weight is 176 g/mol. The van der Waals surface area contributed by atoms with Gasteiger partial charge in [0.2, 0.25) is 0 Å². The largest absolute Gasteiger partial charge is 0.369 e. The summed E-state index contributed by atoms with van der Waals surface area (Å²) in [6, 6.07) is 7.99. The number of ether oxygens (including phenoxy) is 1. The summed E-state index contributed by atoms with van der Waals surface area (Å²) in [5.74, 6) is 0.196. The molecule has 2 nitrogen and oxygen atoms in total. The lowest BCUT2D eigenvalue weighted by Crippen LogP contribution is -2.21. The third-order valence-corrected chi connectivity index (χ3v) is 2.51. The van der Waals surface area contributed by atoms with Gasteiger partial charge in [-0.3, -0.25) is 4.79 Å². The van der Waals surface area contributed by atoms with Gasteiger partial charge in [-0.05, 0) is 17.5 Å². The van der Waals surface area contributed by atoms with Crippen molar-refractivity contribution in [3.8, 4) is 0 Å². The molecule has 68 valence electrons. The van der Waals surface area contributed by atoms with Crippen LogP contribution in [0.25, 0.3) is 0 Å². The van der Waals surface area contributed by atoms with Crippen LogP contribution in [0.1, 0.15) is 23.7 Å². The fourth-order valence-electron chi connectivity index (χ4n) is 1.84. The molecule has 1 atom stereocenters. The van der Waals surface area contributed by atoms with Crippen LogP contribution in [0.4, 0.5) is 0 Å². The highest BCUT2D eigenvalue weighted by atomic mass is 16.5. The zero-order valence-electron chi connectivity index (χ0n) is 7.62. The summed E-state index contributed by atoms with van der Waals surface area (Å²) < 4.78 is 5.18. The Morgan fingerprint density at radius 1 is 1.31 bits per heavy atom. The minimum absolute atomic E-state index is 0.196. The quantitative estimate of drug-likeness (QED) is 0.653. The van der Waals surface area contributed by atoms with E-state index in [-0.39, 0.29) is 11.9 Å². The van der Waals surface area contributed by atoms with Crippen molar-refractivity contribution in [2.45, 2.75) is 18.9 Å². The maximum atomic E-state index is 11.5. The molecule has 1 aromatic rings. The molecule has 0 saturated heterocycles. The Balaban J connectivity index is 2.45. The lowest BCUT2D eigenvalue weighted by Gasteiger charge is -2.22. The van der Waals surface area contributed by atoms with E-state index in [2.05, 4.69) is 6.07 Å². The van der Waals surface area contributed by atoms with Gasteiger partial charge in [-0.25, -0.2) is 0 Å². The maximum Gasteiger partial charge on any atom is 0.166 e. The SMILES string of the molecule is COC1C(=O)CCc2ccccc21. The number of hydrogen-bond acceptors (Lipinski definition) is 2. The number of hydrogen-bond donors (Lipinski definition) is 0. The molecule has 0 aromatic heterocycles. The summed E-state index contributed by atoms with van der Waals surface area (Å²) in [4.78, 5) is 11.5. The predicted octanol–water partition coefficient (Wildman–Crippen LogP) is 1.89. The second kappa shape index (κ2) is 3.30. The standard InChI is InChI=1S/C11H12O2/c1-13-11-9-5-3-2-4-8(9)6-7-10(11)12/h2-5,11H,6-7H2,1H3. The van der Waals surface area contributed by atoms with Crippen molar-refractivity contribution in [3.63, 3.8) is 0 Å². The van der Waals surface area contributed by atoms with E-state index < -0.39 is 0 Å². The molecule has 13 heavy (non-hydrogen) atoms. The van der Waals surface area contributed by atoms with Crippen molar-refractivity contribution in [1.29, 1.82) is 0 Å². The highest BCUT2D eigenvalue weighted by molar-refractivity contribution is 5.86. The molecular weight excluding hydrogens is 164 g/mol. The van der Waals surface area contributed by atoms with Crippen molar-refractivity contribution in [3.05, 3.63) is 35.4 Å². The van der Waals surface area contributed by atoms with Crippen LogP contribution in [0, 0.1) is 0 Å². The average Bonchev–Trinajstić information content (AvgIpc) is 2.18. The lowest BCUT2D eigenvalue weighted by molar-refractivity contribution is -0.129. The molecule has 2 heteroatoms. The summed E-state index contributed by atoms with van der Waals surface area (Å²) in [5.41, 5.74) is 2.29. The van der Waals surface area contributed by atoms with E-state index in [9.17, 15) is 4.79 Å². The molecule has 1 unspecified atom stereocenters. The molecule has 1 aromatic carbocycles. The zero-order valence-corrected chi connectivity index (χ0v) is 7.62. The number of fused-ring (bicyclic) bond motifs is 1. The van der Waals surface area contributed by atoms with E-state index in [4.69, 9.17) is 4.74 Å². The Labute approximate surface area is 77.5 Å². The van der Waals surface area contributed by atoms with Crippen molar-refractivity contribution >= 4 is 5.78 Å². The minimum Gasteiger partial charge on any atom is -0.369 e. The van der Waals surface area contributed by atoms with E-state index in [0.717, 1.165) is 12.0 Å². The molecule has 0 fully saturated rings. The molecule has 0 bridgehead atoms. The van der Waals surface area contributed by atoms with Gasteiger partial charge in [0, 0.05) is 13.5 Å². The van der Waals surface area contributed by atoms with E-state index in [0.29, 0.717) is 6.42 Å². The predicted molar refractivity (Wildman–Crippen MR) is 49.5 cm³/mol. The number of aryl methyl sites for hydroxylation is 1. The van der Waals surface area contributed by atoms with Gasteiger partial charge >= 0.3 is 0 Å². The van der Waals surface area contributed by atoms with Crippen LogP contribution in [0.2, 0.25) is 0 Å². The molecule has 0 radical (unpaired) electrons. The maximum absolute atomic E-state index is 11.5. The number of benzene rings is 1. The highest BCUT2D eigenvalue weighted by Gasteiger charge is 2.26. The summed E-state index contributed by atoms with van der Waals surface area (Å²) in [6.07, 6.45) is 1.13. The second-order valence-electron chi connectivity index (χ2n) is 3.28. The van der Waals surface area contributed by atoms with Gasteiger partial charge in [-0.1, -0.05) is 24.3 Å². The first kappa shape index (κ1) is 8.45. The third-order valence-electron chi connectivity index (χ3n) is 2.51. The van der Waals surface area contributed by atoms with Crippen molar-refractivity contribution < 1.29 is 9.53 Å². The Bertz CT molecular complexity index is 331. The van der Waals surface area contributed by atoms with E-state index in [1.54, 1.807) is 7.11 Å². The lowest BCUT2D eigenvalue weighted by atomic mass is 9.88. The van der Waals surface area contributed by atoms with Crippen molar-refractivity contribution in [1.82, 2.24) is 0 Å². The number of Topliss-reactive ketones (excluding diaryl/α,β-unsaturated/α-hetero) is 1. The van der Waals surface area contributed by atoms with E-state index >= 15 is 0 Å². The van der Waals surface area contributed by atoms with Crippen LogP contribution in [0.3, 0.4) is 0 Å². The topological polar surface area (TPSA) is 26.3 Å².